The second-order valence-electron chi connectivity index (χ2n) is 7.39. The highest BCUT2D eigenvalue weighted by Crippen LogP contribution is 2.32. The van der Waals surface area contributed by atoms with E-state index in [1.54, 1.807) is 0 Å². The summed E-state index contributed by atoms with van der Waals surface area (Å²) in [7, 11) is 2.25. The Morgan fingerprint density at radius 1 is 1.30 bits per heavy atom. The summed E-state index contributed by atoms with van der Waals surface area (Å²) in [6.07, 6.45) is 5.28. The zero-order valence-corrected chi connectivity index (χ0v) is 13.2. The van der Waals surface area contributed by atoms with Crippen LogP contribution in [-0.2, 0) is 4.74 Å². The number of hydrogen-bond acceptors (Lipinski definition) is 4. The minimum atomic E-state index is 0.361. The average Bonchev–Trinajstić information content (AvgIpc) is 3.16. The second kappa shape index (κ2) is 6.30. The van der Waals surface area contributed by atoms with Gasteiger partial charge in [0.1, 0.15) is 0 Å². The Bertz CT molecular complexity index is 313. The van der Waals surface area contributed by atoms with Gasteiger partial charge in [-0.3, -0.25) is 4.90 Å². The number of ether oxygens (including phenoxy) is 1. The summed E-state index contributed by atoms with van der Waals surface area (Å²) < 4.78 is 5.77. The van der Waals surface area contributed by atoms with E-state index in [1.807, 2.05) is 0 Å². The lowest BCUT2D eigenvalue weighted by atomic mass is 9.86. The van der Waals surface area contributed by atoms with E-state index >= 15 is 0 Å². The van der Waals surface area contributed by atoms with Crippen molar-refractivity contribution in [3.63, 3.8) is 0 Å². The molecule has 2 atom stereocenters. The zero-order valence-electron chi connectivity index (χ0n) is 13.2. The van der Waals surface area contributed by atoms with Crippen LogP contribution in [0.15, 0.2) is 0 Å². The van der Waals surface area contributed by atoms with Crippen LogP contribution in [0.5, 0.6) is 0 Å². The Kier molecular flexibility index (Phi) is 4.65. The highest BCUT2D eigenvalue weighted by atomic mass is 16.5. The van der Waals surface area contributed by atoms with Crippen LogP contribution in [0.25, 0.3) is 0 Å². The van der Waals surface area contributed by atoms with E-state index in [1.165, 1.54) is 51.9 Å². The molecule has 0 bridgehead atoms. The van der Waals surface area contributed by atoms with Gasteiger partial charge in [-0.25, -0.2) is 0 Å². The van der Waals surface area contributed by atoms with Gasteiger partial charge in [0, 0.05) is 43.7 Å². The van der Waals surface area contributed by atoms with E-state index in [-0.39, 0.29) is 0 Å². The Balaban J connectivity index is 1.59. The van der Waals surface area contributed by atoms with E-state index in [0.717, 1.165) is 25.8 Å². The number of likely N-dealkylation sites (N-methyl/N-ethyl adjacent to an activating group) is 1. The number of hydrogen-bond donors (Lipinski definition) is 1. The number of nitrogens with one attached hydrogen (secondary N) is 1. The zero-order chi connectivity index (χ0) is 14.0. The first-order valence-electron chi connectivity index (χ1n) is 8.41. The molecule has 4 heteroatoms. The molecule has 2 heterocycles. The van der Waals surface area contributed by atoms with Crippen LogP contribution in [0.2, 0.25) is 0 Å². The van der Waals surface area contributed by atoms with E-state index in [2.05, 4.69) is 29.1 Å². The predicted octanol–water partition coefficient (Wildman–Crippen LogP) is 1.17. The molecule has 116 valence electrons. The lowest BCUT2D eigenvalue weighted by molar-refractivity contribution is 0.0894. The fourth-order valence-electron chi connectivity index (χ4n) is 3.71. The Hall–Kier alpha value is -0.160. The Labute approximate surface area is 123 Å². The van der Waals surface area contributed by atoms with Crippen molar-refractivity contribution in [3.8, 4) is 0 Å². The van der Waals surface area contributed by atoms with E-state index in [4.69, 9.17) is 4.74 Å². The van der Waals surface area contributed by atoms with E-state index in [9.17, 15) is 0 Å². The van der Waals surface area contributed by atoms with Gasteiger partial charge in [0.15, 0.2) is 0 Å². The SMILES string of the molecule is CC1CN(C)CCCN1CC1(CNC2CC2)CCOC1. The monoisotopic (exact) mass is 281 g/mol. The maximum atomic E-state index is 5.77. The van der Waals surface area contributed by atoms with Gasteiger partial charge in [-0.15, -0.1) is 0 Å². The predicted molar refractivity (Wildman–Crippen MR) is 82.0 cm³/mol. The van der Waals surface area contributed by atoms with Crippen LogP contribution in [0.3, 0.4) is 0 Å². The molecule has 2 unspecified atom stereocenters. The van der Waals surface area contributed by atoms with Gasteiger partial charge < -0.3 is 15.0 Å². The van der Waals surface area contributed by atoms with Gasteiger partial charge in [-0.1, -0.05) is 0 Å². The maximum absolute atomic E-state index is 5.77. The van der Waals surface area contributed by atoms with Crippen molar-refractivity contribution in [2.45, 2.75) is 44.7 Å². The first-order valence-corrected chi connectivity index (χ1v) is 8.41. The fraction of sp³-hybridized carbons (Fsp3) is 1.00. The molecule has 3 fully saturated rings. The number of rotatable bonds is 5. The molecule has 2 aliphatic heterocycles. The summed E-state index contributed by atoms with van der Waals surface area (Å²) in [5.41, 5.74) is 0.361. The quantitative estimate of drug-likeness (QED) is 0.819. The summed E-state index contributed by atoms with van der Waals surface area (Å²) in [4.78, 5) is 5.19. The first-order chi connectivity index (χ1) is 9.67. The molecular weight excluding hydrogens is 250 g/mol. The second-order valence-corrected chi connectivity index (χ2v) is 7.39. The molecule has 3 aliphatic rings. The van der Waals surface area contributed by atoms with Crippen molar-refractivity contribution in [1.82, 2.24) is 15.1 Å². The van der Waals surface area contributed by atoms with Crippen molar-refractivity contribution >= 4 is 0 Å². The van der Waals surface area contributed by atoms with Crippen molar-refractivity contribution in [1.29, 1.82) is 0 Å². The van der Waals surface area contributed by atoms with Gasteiger partial charge in [-0.2, -0.15) is 0 Å². The van der Waals surface area contributed by atoms with Crippen molar-refractivity contribution in [3.05, 3.63) is 0 Å². The normalized spacial score (nSPS) is 37.2. The summed E-state index contributed by atoms with van der Waals surface area (Å²) in [6.45, 7) is 10.3. The Morgan fingerprint density at radius 2 is 2.15 bits per heavy atom. The molecule has 0 aromatic carbocycles. The third-order valence-electron chi connectivity index (χ3n) is 5.25. The fourth-order valence-corrected chi connectivity index (χ4v) is 3.71. The minimum absolute atomic E-state index is 0.361. The summed E-state index contributed by atoms with van der Waals surface area (Å²) >= 11 is 0. The summed E-state index contributed by atoms with van der Waals surface area (Å²) in [5.74, 6) is 0. The van der Waals surface area contributed by atoms with Crippen LogP contribution in [0, 0.1) is 5.41 Å². The molecule has 0 aromatic rings. The molecule has 0 radical (unpaired) electrons. The lowest BCUT2D eigenvalue weighted by Crippen LogP contribution is -2.49. The molecule has 0 aromatic heterocycles. The molecule has 1 saturated carbocycles. The van der Waals surface area contributed by atoms with Crippen molar-refractivity contribution in [2.75, 3.05) is 53.0 Å². The highest BCUT2D eigenvalue weighted by molar-refractivity contribution is 4.93. The van der Waals surface area contributed by atoms with Crippen LogP contribution in [-0.4, -0.2) is 74.9 Å². The maximum Gasteiger partial charge on any atom is 0.0547 e. The van der Waals surface area contributed by atoms with Crippen LogP contribution >= 0.6 is 0 Å². The third-order valence-corrected chi connectivity index (χ3v) is 5.25. The summed E-state index contributed by atoms with van der Waals surface area (Å²) in [6, 6.07) is 1.47. The largest absolute Gasteiger partial charge is 0.381 e. The van der Waals surface area contributed by atoms with E-state index < -0.39 is 0 Å². The molecule has 3 rings (SSSR count). The first kappa shape index (κ1) is 14.8. The highest BCUT2D eigenvalue weighted by Gasteiger charge is 2.39. The van der Waals surface area contributed by atoms with Gasteiger partial charge in [0.05, 0.1) is 6.61 Å². The molecular formula is C16H31N3O. The van der Waals surface area contributed by atoms with Crippen LogP contribution in [0.1, 0.15) is 32.6 Å². The van der Waals surface area contributed by atoms with Gasteiger partial charge in [0.2, 0.25) is 0 Å². The van der Waals surface area contributed by atoms with Crippen LogP contribution < -0.4 is 5.32 Å². The Morgan fingerprint density at radius 3 is 2.85 bits per heavy atom. The van der Waals surface area contributed by atoms with E-state index in [0.29, 0.717) is 11.5 Å². The molecule has 1 aliphatic carbocycles. The standard InChI is InChI=1S/C16H31N3O/c1-14-10-18(2)7-3-8-19(14)12-16(6-9-20-13-16)11-17-15-4-5-15/h14-15,17H,3-13H2,1-2H3. The van der Waals surface area contributed by atoms with Crippen LogP contribution in [0.4, 0.5) is 0 Å². The molecule has 0 spiro atoms. The molecule has 0 amide bonds. The average molecular weight is 281 g/mol. The lowest BCUT2D eigenvalue weighted by Gasteiger charge is -2.37. The smallest absolute Gasteiger partial charge is 0.0547 e. The topological polar surface area (TPSA) is 27.7 Å². The van der Waals surface area contributed by atoms with Crippen molar-refractivity contribution < 1.29 is 4.74 Å². The van der Waals surface area contributed by atoms with Gasteiger partial charge in [-0.05, 0) is 52.7 Å². The molecule has 2 saturated heterocycles. The third kappa shape index (κ3) is 3.73. The molecule has 20 heavy (non-hydrogen) atoms. The number of nitrogens with zero attached hydrogens (tertiary/aromatic N) is 2. The van der Waals surface area contributed by atoms with Gasteiger partial charge in [0.25, 0.3) is 0 Å². The minimum Gasteiger partial charge on any atom is -0.381 e. The summed E-state index contributed by atoms with van der Waals surface area (Å²) in [5, 5.41) is 3.75. The molecule has 4 nitrogen and oxygen atoms in total. The van der Waals surface area contributed by atoms with Crippen molar-refractivity contribution in [2.24, 2.45) is 5.41 Å². The van der Waals surface area contributed by atoms with Gasteiger partial charge >= 0.3 is 0 Å². The molecule has 1 N–H and O–H groups in total.